The molecular weight excluding hydrogens is 234 g/mol. The lowest BCUT2D eigenvalue weighted by Crippen LogP contribution is -2.23. The minimum atomic E-state index is -0.796. The van der Waals surface area contributed by atoms with Gasteiger partial charge in [-0.05, 0) is 26.0 Å². The SMILES string of the molecule is CCOc1ccc(OCC)c(NC[C@@H](O)CO)c1. The quantitative estimate of drug-likeness (QED) is 0.652. The summed E-state index contributed by atoms with van der Waals surface area (Å²) in [7, 11) is 0. The third-order valence-electron chi connectivity index (χ3n) is 2.30. The van der Waals surface area contributed by atoms with Crippen molar-refractivity contribution in [3.05, 3.63) is 18.2 Å². The third-order valence-corrected chi connectivity index (χ3v) is 2.30. The Balaban J connectivity index is 2.78. The monoisotopic (exact) mass is 255 g/mol. The Morgan fingerprint density at radius 3 is 2.56 bits per heavy atom. The van der Waals surface area contributed by atoms with E-state index in [1.165, 1.54) is 0 Å². The molecule has 0 unspecified atom stereocenters. The predicted octanol–water partition coefficient (Wildman–Crippen LogP) is 1.25. The van der Waals surface area contributed by atoms with Crippen molar-refractivity contribution >= 4 is 5.69 Å². The van der Waals surface area contributed by atoms with Gasteiger partial charge in [0.25, 0.3) is 0 Å². The molecule has 0 spiro atoms. The van der Waals surface area contributed by atoms with Crippen LogP contribution in [0.3, 0.4) is 0 Å². The number of hydrogen-bond acceptors (Lipinski definition) is 5. The van der Waals surface area contributed by atoms with Gasteiger partial charge in [0.1, 0.15) is 11.5 Å². The smallest absolute Gasteiger partial charge is 0.142 e. The highest BCUT2D eigenvalue weighted by Gasteiger charge is 2.08. The van der Waals surface area contributed by atoms with E-state index in [1.807, 2.05) is 32.0 Å². The molecule has 0 aliphatic rings. The molecule has 0 fully saturated rings. The van der Waals surface area contributed by atoms with Crippen molar-refractivity contribution in [1.82, 2.24) is 0 Å². The van der Waals surface area contributed by atoms with E-state index in [4.69, 9.17) is 14.6 Å². The Morgan fingerprint density at radius 1 is 1.22 bits per heavy atom. The second-order valence-electron chi connectivity index (χ2n) is 3.74. The fourth-order valence-electron chi connectivity index (χ4n) is 1.48. The van der Waals surface area contributed by atoms with Gasteiger partial charge in [-0.3, -0.25) is 0 Å². The first-order chi connectivity index (χ1) is 8.71. The van der Waals surface area contributed by atoms with Gasteiger partial charge in [0.05, 0.1) is 31.6 Å². The summed E-state index contributed by atoms with van der Waals surface area (Å²) in [5, 5.41) is 21.1. The van der Waals surface area contributed by atoms with Crippen LogP contribution in [0, 0.1) is 0 Å². The summed E-state index contributed by atoms with van der Waals surface area (Å²) in [5.74, 6) is 1.44. The van der Waals surface area contributed by atoms with Gasteiger partial charge in [-0.2, -0.15) is 0 Å². The van der Waals surface area contributed by atoms with Crippen molar-refractivity contribution in [2.75, 3.05) is 31.7 Å². The Kier molecular flexibility index (Phi) is 6.32. The van der Waals surface area contributed by atoms with Crippen LogP contribution in [0.4, 0.5) is 5.69 Å². The lowest BCUT2D eigenvalue weighted by molar-refractivity contribution is 0.105. The molecule has 5 nitrogen and oxygen atoms in total. The van der Waals surface area contributed by atoms with E-state index in [0.29, 0.717) is 19.0 Å². The highest BCUT2D eigenvalue weighted by atomic mass is 16.5. The van der Waals surface area contributed by atoms with Crippen LogP contribution in [-0.2, 0) is 0 Å². The molecule has 0 aliphatic heterocycles. The van der Waals surface area contributed by atoms with E-state index < -0.39 is 6.10 Å². The van der Waals surface area contributed by atoms with Crippen LogP contribution in [0.5, 0.6) is 11.5 Å². The zero-order valence-electron chi connectivity index (χ0n) is 10.8. The van der Waals surface area contributed by atoms with Crippen molar-refractivity contribution in [1.29, 1.82) is 0 Å². The molecule has 0 saturated carbocycles. The summed E-state index contributed by atoms with van der Waals surface area (Å²) in [4.78, 5) is 0. The zero-order valence-corrected chi connectivity index (χ0v) is 10.8. The van der Waals surface area contributed by atoms with Crippen molar-refractivity contribution in [3.63, 3.8) is 0 Å². The van der Waals surface area contributed by atoms with Crippen molar-refractivity contribution < 1.29 is 19.7 Å². The van der Waals surface area contributed by atoms with E-state index in [2.05, 4.69) is 5.32 Å². The van der Waals surface area contributed by atoms with Gasteiger partial charge in [0.15, 0.2) is 0 Å². The minimum absolute atomic E-state index is 0.256. The molecule has 0 aliphatic carbocycles. The first kappa shape index (κ1) is 14.6. The summed E-state index contributed by atoms with van der Waals surface area (Å²) in [6, 6.07) is 5.48. The fourth-order valence-corrected chi connectivity index (χ4v) is 1.48. The standard InChI is InChI=1S/C13H21NO4/c1-3-17-11-5-6-13(18-4-2)12(7-11)14-8-10(16)9-15/h5-7,10,14-16H,3-4,8-9H2,1-2H3/t10-/m1/s1. The Hall–Kier alpha value is -1.46. The molecule has 1 aromatic rings. The van der Waals surface area contributed by atoms with Gasteiger partial charge in [-0.25, -0.2) is 0 Å². The third kappa shape index (κ3) is 4.43. The Labute approximate surface area is 107 Å². The molecule has 1 aromatic carbocycles. The molecule has 0 saturated heterocycles. The molecule has 5 heteroatoms. The van der Waals surface area contributed by atoms with Crippen LogP contribution >= 0.6 is 0 Å². The number of aliphatic hydroxyl groups excluding tert-OH is 2. The summed E-state index contributed by atoms with van der Waals surface area (Å²) in [5.41, 5.74) is 0.746. The summed E-state index contributed by atoms with van der Waals surface area (Å²) >= 11 is 0. The molecule has 3 N–H and O–H groups in total. The van der Waals surface area contributed by atoms with E-state index in [-0.39, 0.29) is 13.2 Å². The molecule has 0 bridgehead atoms. The molecule has 0 amide bonds. The van der Waals surface area contributed by atoms with E-state index in [9.17, 15) is 5.11 Å². The summed E-state index contributed by atoms with van der Waals surface area (Å²) in [6.45, 7) is 4.95. The lowest BCUT2D eigenvalue weighted by Gasteiger charge is -2.15. The van der Waals surface area contributed by atoms with Gasteiger partial charge < -0.3 is 25.0 Å². The zero-order chi connectivity index (χ0) is 13.4. The Bertz CT molecular complexity index is 357. The number of anilines is 1. The average Bonchev–Trinajstić information content (AvgIpc) is 2.39. The highest BCUT2D eigenvalue weighted by molar-refractivity contribution is 5.59. The molecular formula is C13H21NO4. The van der Waals surface area contributed by atoms with Gasteiger partial charge in [-0.1, -0.05) is 0 Å². The molecule has 0 aromatic heterocycles. The van der Waals surface area contributed by atoms with Crippen LogP contribution in [0.25, 0.3) is 0 Å². The first-order valence-corrected chi connectivity index (χ1v) is 6.13. The average molecular weight is 255 g/mol. The second kappa shape index (κ2) is 7.79. The van der Waals surface area contributed by atoms with Crippen LogP contribution in [0.2, 0.25) is 0 Å². The molecule has 1 atom stereocenters. The van der Waals surface area contributed by atoms with E-state index >= 15 is 0 Å². The van der Waals surface area contributed by atoms with Crippen molar-refractivity contribution in [2.45, 2.75) is 20.0 Å². The molecule has 1 rings (SSSR count). The summed E-state index contributed by atoms with van der Waals surface area (Å²) < 4.78 is 10.9. The number of ether oxygens (including phenoxy) is 2. The van der Waals surface area contributed by atoms with Gasteiger partial charge >= 0.3 is 0 Å². The van der Waals surface area contributed by atoms with E-state index in [1.54, 1.807) is 0 Å². The van der Waals surface area contributed by atoms with Crippen LogP contribution < -0.4 is 14.8 Å². The molecule has 18 heavy (non-hydrogen) atoms. The molecule has 0 radical (unpaired) electrons. The van der Waals surface area contributed by atoms with Crippen molar-refractivity contribution in [3.8, 4) is 11.5 Å². The van der Waals surface area contributed by atoms with Crippen LogP contribution in [0.15, 0.2) is 18.2 Å². The second-order valence-corrected chi connectivity index (χ2v) is 3.74. The number of rotatable bonds is 8. The van der Waals surface area contributed by atoms with Crippen LogP contribution in [-0.4, -0.2) is 42.7 Å². The Morgan fingerprint density at radius 2 is 1.94 bits per heavy atom. The molecule has 0 heterocycles. The highest BCUT2D eigenvalue weighted by Crippen LogP contribution is 2.29. The predicted molar refractivity (Wildman–Crippen MR) is 70.4 cm³/mol. The number of benzene rings is 1. The van der Waals surface area contributed by atoms with Crippen LogP contribution in [0.1, 0.15) is 13.8 Å². The number of aliphatic hydroxyl groups is 2. The summed E-state index contributed by atoms with van der Waals surface area (Å²) in [6.07, 6.45) is -0.796. The van der Waals surface area contributed by atoms with Crippen molar-refractivity contribution in [2.24, 2.45) is 0 Å². The minimum Gasteiger partial charge on any atom is -0.494 e. The van der Waals surface area contributed by atoms with Gasteiger partial charge in [0, 0.05) is 12.6 Å². The fraction of sp³-hybridized carbons (Fsp3) is 0.538. The molecule has 102 valence electrons. The number of nitrogens with one attached hydrogen (secondary N) is 1. The topological polar surface area (TPSA) is 71.0 Å². The van der Waals surface area contributed by atoms with E-state index in [0.717, 1.165) is 11.4 Å². The number of hydrogen-bond donors (Lipinski definition) is 3. The van der Waals surface area contributed by atoms with Gasteiger partial charge in [0.2, 0.25) is 0 Å². The maximum Gasteiger partial charge on any atom is 0.142 e. The van der Waals surface area contributed by atoms with Gasteiger partial charge in [-0.15, -0.1) is 0 Å². The normalized spacial score (nSPS) is 12.0. The largest absolute Gasteiger partial charge is 0.494 e. The maximum atomic E-state index is 9.33. The lowest BCUT2D eigenvalue weighted by atomic mass is 10.2. The first-order valence-electron chi connectivity index (χ1n) is 6.13. The maximum absolute atomic E-state index is 9.33.